The van der Waals surface area contributed by atoms with E-state index in [0.717, 1.165) is 0 Å². The number of methoxy groups -OCH3 is 1. The van der Waals surface area contributed by atoms with E-state index in [0.29, 0.717) is 25.1 Å². The molecule has 1 aromatic carbocycles. The Labute approximate surface area is 184 Å². The topological polar surface area (TPSA) is 96.0 Å². The van der Waals surface area contributed by atoms with Gasteiger partial charge >= 0.3 is 6.18 Å². The number of nitrogens with one attached hydrogen (secondary N) is 1. The van der Waals surface area contributed by atoms with Gasteiger partial charge in [0.25, 0.3) is 0 Å². The maximum atomic E-state index is 13.0. The highest BCUT2D eigenvalue weighted by Crippen LogP contribution is 2.29. The van der Waals surface area contributed by atoms with Gasteiger partial charge in [0.15, 0.2) is 0 Å². The Morgan fingerprint density at radius 1 is 1.09 bits per heavy atom. The van der Waals surface area contributed by atoms with Crippen molar-refractivity contribution in [3.05, 3.63) is 24.3 Å². The monoisotopic (exact) mass is 477 g/mol. The van der Waals surface area contributed by atoms with Gasteiger partial charge in [-0.1, -0.05) is 0 Å². The lowest BCUT2D eigenvalue weighted by atomic mass is 9.96. The molecular weight excluding hydrogens is 451 g/mol. The molecule has 0 radical (unpaired) electrons. The molecule has 2 saturated heterocycles. The van der Waals surface area contributed by atoms with E-state index in [1.165, 1.54) is 28.4 Å². The van der Waals surface area contributed by atoms with Crippen LogP contribution in [0.3, 0.4) is 0 Å². The lowest BCUT2D eigenvalue weighted by Crippen LogP contribution is -2.51. The van der Waals surface area contributed by atoms with Gasteiger partial charge in [-0.25, -0.2) is 8.42 Å². The van der Waals surface area contributed by atoms with Crippen LogP contribution >= 0.6 is 0 Å². The number of piperidine rings is 1. The van der Waals surface area contributed by atoms with Crippen LogP contribution < -0.4 is 10.1 Å². The number of nitrogens with zero attached hydrogens (tertiary/aromatic N) is 2. The molecule has 1 unspecified atom stereocenters. The number of hydrogen-bond donors (Lipinski definition) is 1. The van der Waals surface area contributed by atoms with E-state index in [4.69, 9.17) is 4.74 Å². The van der Waals surface area contributed by atoms with Crippen LogP contribution in [-0.2, 0) is 19.6 Å². The summed E-state index contributed by atoms with van der Waals surface area (Å²) in [4.78, 5) is 26.6. The highest BCUT2D eigenvalue weighted by molar-refractivity contribution is 7.89. The van der Waals surface area contributed by atoms with E-state index in [-0.39, 0.29) is 36.7 Å². The fourth-order valence-electron chi connectivity index (χ4n) is 4.08. The first-order valence-electron chi connectivity index (χ1n) is 10.3. The van der Waals surface area contributed by atoms with Crippen LogP contribution in [0, 0.1) is 5.92 Å². The molecule has 0 aromatic heterocycles. The number of ether oxygens (including phenoxy) is 1. The molecule has 1 N–H and O–H groups in total. The van der Waals surface area contributed by atoms with Gasteiger partial charge in [0.2, 0.25) is 21.8 Å². The van der Waals surface area contributed by atoms with Crippen molar-refractivity contribution in [1.82, 2.24) is 14.5 Å². The molecule has 0 bridgehead atoms. The molecule has 2 fully saturated rings. The van der Waals surface area contributed by atoms with Crippen molar-refractivity contribution in [1.29, 1.82) is 0 Å². The zero-order chi connectivity index (χ0) is 23.5. The molecule has 2 heterocycles. The quantitative estimate of drug-likeness (QED) is 0.674. The number of carbonyl (C=O) groups excluding carboxylic acids is 2. The lowest BCUT2D eigenvalue weighted by Gasteiger charge is -2.34. The van der Waals surface area contributed by atoms with Gasteiger partial charge in [0.1, 0.15) is 18.3 Å². The number of rotatable bonds is 6. The number of sulfonamides is 1. The molecule has 0 saturated carbocycles. The molecular formula is C20H26F3N3O5S. The van der Waals surface area contributed by atoms with Gasteiger partial charge in [-0.2, -0.15) is 17.5 Å². The normalized spacial score (nSPS) is 20.9. The number of benzene rings is 1. The molecule has 32 heavy (non-hydrogen) atoms. The van der Waals surface area contributed by atoms with Crippen molar-refractivity contribution < 1.29 is 35.9 Å². The van der Waals surface area contributed by atoms with Crippen molar-refractivity contribution in [3.8, 4) is 5.75 Å². The SMILES string of the molecule is COc1ccc(S(=O)(=O)N2CCC(C(=O)N3CCCC3C(=O)NCC(F)(F)F)CC2)cc1. The molecule has 2 aliphatic heterocycles. The number of likely N-dealkylation sites (tertiary alicyclic amines) is 1. The zero-order valence-electron chi connectivity index (χ0n) is 17.6. The average molecular weight is 478 g/mol. The average Bonchev–Trinajstić information content (AvgIpc) is 3.26. The second kappa shape index (κ2) is 9.65. The van der Waals surface area contributed by atoms with Gasteiger partial charge in [-0.3, -0.25) is 9.59 Å². The standard InChI is InChI=1S/C20H26F3N3O5S/c1-31-15-4-6-16(7-5-15)32(29,30)25-11-8-14(9-12-25)19(28)26-10-2-3-17(26)18(27)24-13-20(21,22)23/h4-7,14,17H,2-3,8-13H2,1H3,(H,24,27). The van der Waals surface area contributed by atoms with Gasteiger partial charge in [0.05, 0.1) is 12.0 Å². The lowest BCUT2D eigenvalue weighted by molar-refractivity contribution is -0.146. The largest absolute Gasteiger partial charge is 0.497 e. The number of alkyl halides is 3. The Bertz CT molecular complexity index is 929. The molecule has 8 nitrogen and oxygen atoms in total. The predicted octanol–water partition coefficient (Wildman–Crippen LogP) is 1.77. The number of hydrogen-bond acceptors (Lipinski definition) is 5. The van der Waals surface area contributed by atoms with Gasteiger partial charge in [-0.05, 0) is 49.9 Å². The van der Waals surface area contributed by atoms with Crippen LogP contribution in [0.5, 0.6) is 5.75 Å². The second-order valence-corrected chi connectivity index (χ2v) is 9.81. The van der Waals surface area contributed by atoms with E-state index < -0.39 is 40.6 Å². The van der Waals surface area contributed by atoms with Crippen LogP contribution in [0.1, 0.15) is 25.7 Å². The fraction of sp³-hybridized carbons (Fsp3) is 0.600. The summed E-state index contributed by atoms with van der Waals surface area (Å²) in [6.45, 7) is -0.855. The Kier molecular flexibility index (Phi) is 7.33. The molecule has 178 valence electrons. The van der Waals surface area contributed by atoms with Gasteiger partial charge in [-0.15, -0.1) is 0 Å². The van der Waals surface area contributed by atoms with Crippen molar-refractivity contribution >= 4 is 21.8 Å². The van der Waals surface area contributed by atoms with E-state index >= 15 is 0 Å². The van der Waals surface area contributed by atoms with Gasteiger partial charge < -0.3 is 15.0 Å². The van der Waals surface area contributed by atoms with E-state index in [9.17, 15) is 31.2 Å². The molecule has 2 aliphatic rings. The fourth-order valence-corrected chi connectivity index (χ4v) is 5.55. The summed E-state index contributed by atoms with van der Waals surface area (Å²) in [5.41, 5.74) is 0. The zero-order valence-corrected chi connectivity index (χ0v) is 18.4. The van der Waals surface area contributed by atoms with Crippen LogP contribution in [0.4, 0.5) is 13.2 Å². The van der Waals surface area contributed by atoms with E-state index in [1.807, 2.05) is 5.32 Å². The highest BCUT2D eigenvalue weighted by atomic mass is 32.2. The third-order valence-corrected chi connectivity index (χ3v) is 7.71. The van der Waals surface area contributed by atoms with Crippen molar-refractivity contribution in [2.75, 3.05) is 33.3 Å². The second-order valence-electron chi connectivity index (χ2n) is 7.88. The Balaban J connectivity index is 1.59. The molecule has 2 amide bonds. The van der Waals surface area contributed by atoms with Crippen molar-refractivity contribution in [3.63, 3.8) is 0 Å². The number of amides is 2. The summed E-state index contributed by atoms with van der Waals surface area (Å²) < 4.78 is 69.2. The summed E-state index contributed by atoms with van der Waals surface area (Å²) in [6.07, 6.45) is -3.13. The number of halogens is 3. The Morgan fingerprint density at radius 2 is 1.72 bits per heavy atom. The first kappa shape index (κ1) is 24.3. The first-order chi connectivity index (χ1) is 15.0. The minimum Gasteiger partial charge on any atom is -0.497 e. The summed E-state index contributed by atoms with van der Waals surface area (Å²) in [7, 11) is -2.24. The molecule has 12 heteroatoms. The Hall–Kier alpha value is -2.34. The summed E-state index contributed by atoms with van der Waals surface area (Å²) in [6, 6.07) is 5.10. The molecule has 1 aromatic rings. The maximum absolute atomic E-state index is 13.0. The van der Waals surface area contributed by atoms with Crippen LogP contribution in [-0.4, -0.2) is 74.9 Å². The third-order valence-electron chi connectivity index (χ3n) is 5.80. The van der Waals surface area contributed by atoms with E-state index in [1.54, 1.807) is 12.1 Å². The summed E-state index contributed by atoms with van der Waals surface area (Å²) >= 11 is 0. The van der Waals surface area contributed by atoms with Crippen LogP contribution in [0.15, 0.2) is 29.2 Å². The molecule has 3 rings (SSSR count). The minimum atomic E-state index is -4.52. The summed E-state index contributed by atoms with van der Waals surface area (Å²) in [5, 5.41) is 1.85. The molecule has 0 aliphatic carbocycles. The van der Waals surface area contributed by atoms with Crippen LogP contribution in [0.25, 0.3) is 0 Å². The maximum Gasteiger partial charge on any atom is 0.405 e. The van der Waals surface area contributed by atoms with Crippen LogP contribution in [0.2, 0.25) is 0 Å². The first-order valence-corrected chi connectivity index (χ1v) is 11.8. The van der Waals surface area contributed by atoms with Crippen molar-refractivity contribution in [2.24, 2.45) is 5.92 Å². The van der Waals surface area contributed by atoms with Crippen molar-refractivity contribution in [2.45, 2.75) is 42.8 Å². The third kappa shape index (κ3) is 5.52. The highest BCUT2D eigenvalue weighted by Gasteiger charge is 2.40. The summed E-state index contributed by atoms with van der Waals surface area (Å²) in [5.74, 6) is -1.06. The van der Waals surface area contributed by atoms with E-state index in [2.05, 4.69) is 0 Å². The minimum absolute atomic E-state index is 0.129. The van der Waals surface area contributed by atoms with Gasteiger partial charge in [0, 0.05) is 25.6 Å². The molecule has 1 atom stereocenters. The predicted molar refractivity (Wildman–Crippen MR) is 108 cm³/mol. The number of carbonyl (C=O) groups is 2. The smallest absolute Gasteiger partial charge is 0.405 e. The Morgan fingerprint density at radius 3 is 2.28 bits per heavy atom. The molecule has 0 spiro atoms.